The Morgan fingerprint density at radius 2 is 1.33 bits per heavy atom. The van der Waals surface area contributed by atoms with E-state index >= 15 is 0 Å². The highest BCUT2D eigenvalue weighted by atomic mass is 32.2. The number of carbonyl (C=O) groups is 2. The first kappa shape index (κ1) is 39.8. The Labute approximate surface area is 355 Å². The van der Waals surface area contributed by atoms with E-state index in [1.54, 1.807) is 0 Å². The summed E-state index contributed by atoms with van der Waals surface area (Å²) in [6, 6.07) is 36.1. The predicted octanol–water partition coefficient (Wildman–Crippen LogP) is 9.28. The number of rotatable bonds is 11. The molecule has 3 aliphatic heterocycles. The van der Waals surface area contributed by atoms with E-state index in [9.17, 15) is 9.59 Å². The molecule has 0 saturated carbocycles. The predicted molar refractivity (Wildman–Crippen MR) is 235 cm³/mol. The van der Waals surface area contributed by atoms with Crippen molar-refractivity contribution < 1.29 is 19.1 Å². The number of nitrogens with zero attached hydrogens (tertiary/aromatic N) is 5. The van der Waals surface area contributed by atoms with Crippen molar-refractivity contribution in [2.75, 3.05) is 39.6 Å². The molecule has 3 fully saturated rings. The van der Waals surface area contributed by atoms with Gasteiger partial charge in [-0.2, -0.15) is 0 Å². The highest BCUT2D eigenvalue weighted by Crippen LogP contribution is 2.44. The lowest BCUT2D eigenvalue weighted by molar-refractivity contribution is -0.137. The van der Waals surface area contributed by atoms with E-state index in [4.69, 9.17) is 19.4 Å². The van der Waals surface area contributed by atoms with Crippen LogP contribution in [0.3, 0.4) is 0 Å². The Morgan fingerprint density at radius 1 is 0.767 bits per heavy atom. The number of aromatic nitrogens is 4. The number of hydrogen-bond donors (Lipinski definition) is 2. The Balaban J connectivity index is 0.864. The molecular weight excluding hydrogens is 771 g/mol. The van der Waals surface area contributed by atoms with Crippen LogP contribution >= 0.6 is 11.8 Å². The fourth-order valence-electron chi connectivity index (χ4n) is 8.89. The quantitative estimate of drug-likeness (QED) is 0.133. The van der Waals surface area contributed by atoms with Gasteiger partial charge in [0.15, 0.2) is 0 Å². The molecule has 12 heteroatoms. The maximum atomic E-state index is 13.9. The SMILES string of the molecule is CN(C)[C@@H](C(=O)N1CCC[C@H]1c1ncc(-c2ccc(-c3ccc(-c4cnc([C@@H]5CSC(C6CCOCC6)N5C(=O)OCc5ccccc5)[nH]4)cc3)cc2)[nH]1)c1ccccc1. The van der Waals surface area contributed by atoms with Crippen molar-refractivity contribution >= 4 is 23.8 Å². The van der Waals surface area contributed by atoms with E-state index in [1.807, 2.05) is 114 Å². The maximum Gasteiger partial charge on any atom is 0.411 e. The van der Waals surface area contributed by atoms with Crippen LogP contribution in [-0.2, 0) is 20.9 Å². The van der Waals surface area contributed by atoms with Crippen LogP contribution in [0.5, 0.6) is 0 Å². The monoisotopic (exact) mass is 821 g/mol. The summed E-state index contributed by atoms with van der Waals surface area (Å²) < 4.78 is 11.6. The second-order valence-corrected chi connectivity index (χ2v) is 17.3. The van der Waals surface area contributed by atoms with Crippen LogP contribution in [0.4, 0.5) is 4.79 Å². The number of carbonyl (C=O) groups excluding carboxylic acids is 2. The lowest BCUT2D eigenvalue weighted by Gasteiger charge is -2.34. The highest BCUT2D eigenvalue weighted by Gasteiger charge is 2.45. The van der Waals surface area contributed by atoms with E-state index in [1.165, 1.54) is 0 Å². The lowest BCUT2D eigenvalue weighted by atomic mass is 9.99. The summed E-state index contributed by atoms with van der Waals surface area (Å²) in [5.41, 5.74) is 8.04. The van der Waals surface area contributed by atoms with Gasteiger partial charge in [0, 0.05) is 25.5 Å². The molecule has 3 saturated heterocycles. The Kier molecular flexibility index (Phi) is 11.9. The van der Waals surface area contributed by atoms with Gasteiger partial charge < -0.3 is 24.3 Å². The number of thioether (sulfide) groups is 1. The molecule has 6 aromatic rings. The minimum absolute atomic E-state index is 0.00593. The van der Waals surface area contributed by atoms with Gasteiger partial charge >= 0.3 is 6.09 Å². The summed E-state index contributed by atoms with van der Waals surface area (Å²) in [4.78, 5) is 50.3. The molecule has 0 aliphatic carbocycles. The number of H-pyrrole nitrogens is 2. The molecule has 4 aromatic carbocycles. The summed E-state index contributed by atoms with van der Waals surface area (Å²) in [7, 11) is 3.92. The molecule has 5 heterocycles. The second-order valence-electron chi connectivity index (χ2n) is 16.1. The van der Waals surface area contributed by atoms with Crippen LogP contribution < -0.4 is 0 Å². The van der Waals surface area contributed by atoms with Gasteiger partial charge in [0.05, 0.1) is 35.2 Å². The Hall–Kier alpha value is -5.69. The molecule has 2 aromatic heterocycles. The van der Waals surface area contributed by atoms with Crippen molar-refractivity contribution in [1.29, 1.82) is 0 Å². The molecule has 0 radical (unpaired) electrons. The fourth-order valence-corrected chi connectivity index (χ4v) is 10.5. The number of likely N-dealkylation sites (N-methyl/N-ethyl adjacent to an activating group) is 1. The number of benzene rings is 4. The van der Waals surface area contributed by atoms with Gasteiger partial charge in [0.25, 0.3) is 0 Å². The average Bonchev–Trinajstić information content (AvgIpc) is 4.14. The van der Waals surface area contributed by atoms with Crippen LogP contribution in [0.15, 0.2) is 122 Å². The van der Waals surface area contributed by atoms with Crippen LogP contribution in [0.1, 0.15) is 66.6 Å². The fraction of sp³-hybridized carbons (Fsp3) is 0.333. The van der Waals surface area contributed by atoms with Gasteiger partial charge in [0.2, 0.25) is 5.91 Å². The molecule has 308 valence electrons. The standard InChI is InChI=1S/C48H51N7O4S/c1-53(2)43(37-12-7-4-8-13-37)46(56)54-25-9-14-41(54)44-49-28-39(51-44)35-19-15-33(16-20-35)34-17-21-36(22-18-34)40-29-50-45(52-40)42-31-60-47(38-23-26-58-27-24-38)55(42)48(57)59-30-32-10-5-3-6-11-32/h3-8,10-13,15-22,28-29,38,41-43,47H,9,14,23-27,30-31H2,1-2H3,(H,49,51)(H,50,52)/t41-,42-,43+,47?/m0/s1. The van der Waals surface area contributed by atoms with Gasteiger partial charge in [-0.15, -0.1) is 11.8 Å². The van der Waals surface area contributed by atoms with Crippen molar-refractivity contribution in [2.45, 2.75) is 55.8 Å². The lowest BCUT2D eigenvalue weighted by Crippen LogP contribution is -2.42. The minimum atomic E-state index is -0.347. The zero-order chi connectivity index (χ0) is 41.0. The van der Waals surface area contributed by atoms with Crippen molar-refractivity contribution in [2.24, 2.45) is 5.92 Å². The number of imidazole rings is 2. The van der Waals surface area contributed by atoms with E-state index in [0.29, 0.717) is 25.7 Å². The normalized spacial score (nSPS) is 20.1. The smallest absolute Gasteiger partial charge is 0.411 e. The first-order chi connectivity index (χ1) is 29.4. The van der Waals surface area contributed by atoms with Gasteiger partial charge in [0.1, 0.15) is 30.3 Å². The van der Waals surface area contributed by atoms with Crippen LogP contribution in [0.25, 0.3) is 33.6 Å². The van der Waals surface area contributed by atoms with E-state index in [-0.39, 0.29) is 42.1 Å². The summed E-state index contributed by atoms with van der Waals surface area (Å²) in [5.74, 6) is 2.78. The molecule has 2 amide bonds. The van der Waals surface area contributed by atoms with Crippen LogP contribution in [-0.4, -0.2) is 91.6 Å². The first-order valence-corrected chi connectivity index (χ1v) is 22.0. The summed E-state index contributed by atoms with van der Waals surface area (Å²) in [5, 5.41) is 0.00593. The second kappa shape index (κ2) is 17.9. The van der Waals surface area contributed by atoms with E-state index in [0.717, 1.165) is 87.9 Å². The van der Waals surface area contributed by atoms with Crippen LogP contribution in [0, 0.1) is 5.92 Å². The summed E-state index contributed by atoms with van der Waals surface area (Å²) in [6.07, 6.45) is 7.09. The largest absolute Gasteiger partial charge is 0.445 e. The molecule has 3 aliphatic rings. The molecule has 1 unspecified atom stereocenters. The number of hydrogen-bond acceptors (Lipinski definition) is 8. The van der Waals surface area contributed by atoms with Gasteiger partial charge in [-0.1, -0.05) is 109 Å². The third kappa shape index (κ3) is 8.37. The maximum absolute atomic E-state index is 13.9. The molecule has 2 N–H and O–H groups in total. The van der Waals surface area contributed by atoms with E-state index < -0.39 is 0 Å². The van der Waals surface area contributed by atoms with Crippen molar-refractivity contribution in [3.8, 4) is 33.6 Å². The van der Waals surface area contributed by atoms with E-state index in [2.05, 4.69) is 58.5 Å². The summed E-state index contributed by atoms with van der Waals surface area (Å²) >= 11 is 1.81. The molecule has 9 rings (SSSR count). The Bertz CT molecular complexity index is 2360. The zero-order valence-corrected chi connectivity index (χ0v) is 34.9. The summed E-state index contributed by atoms with van der Waals surface area (Å²) in [6.45, 7) is 2.38. The highest BCUT2D eigenvalue weighted by molar-refractivity contribution is 8.00. The van der Waals surface area contributed by atoms with Gasteiger partial charge in [-0.25, -0.2) is 14.8 Å². The number of nitrogens with one attached hydrogen (secondary N) is 2. The third-order valence-electron chi connectivity index (χ3n) is 12.1. The molecule has 4 atom stereocenters. The van der Waals surface area contributed by atoms with Crippen molar-refractivity contribution in [3.63, 3.8) is 0 Å². The number of aromatic amines is 2. The first-order valence-electron chi connectivity index (χ1n) is 20.9. The molecular formula is C48H51N7O4S. The molecule has 0 spiro atoms. The number of amides is 2. The Morgan fingerprint density at radius 3 is 1.93 bits per heavy atom. The molecule has 0 bridgehead atoms. The minimum Gasteiger partial charge on any atom is -0.445 e. The van der Waals surface area contributed by atoms with Gasteiger partial charge in [-0.3, -0.25) is 14.6 Å². The zero-order valence-electron chi connectivity index (χ0n) is 34.1. The van der Waals surface area contributed by atoms with Crippen molar-refractivity contribution in [1.82, 2.24) is 34.6 Å². The van der Waals surface area contributed by atoms with Gasteiger partial charge in [-0.05, 0) is 79.1 Å². The molecule has 11 nitrogen and oxygen atoms in total. The number of ether oxygens (including phenoxy) is 2. The third-order valence-corrected chi connectivity index (χ3v) is 13.5. The molecule has 60 heavy (non-hydrogen) atoms. The van der Waals surface area contributed by atoms with Crippen LogP contribution in [0.2, 0.25) is 0 Å². The number of likely N-dealkylation sites (tertiary alicyclic amines) is 1. The average molecular weight is 822 g/mol. The van der Waals surface area contributed by atoms with Crippen molar-refractivity contribution in [3.05, 3.63) is 144 Å². The topological polar surface area (TPSA) is 120 Å².